The molecule has 0 saturated heterocycles. The zero-order valence-electron chi connectivity index (χ0n) is 11.4. The highest BCUT2D eigenvalue weighted by molar-refractivity contribution is 7.12. The van der Waals surface area contributed by atoms with Crippen LogP contribution >= 0.6 is 11.3 Å². The summed E-state index contributed by atoms with van der Waals surface area (Å²) in [6.45, 7) is 1.40. The van der Waals surface area contributed by atoms with E-state index in [4.69, 9.17) is 0 Å². The van der Waals surface area contributed by atoms with Crippen LogP contribution < -0.4 is 10.6 Å². The first-order valence-electron chi connectivity index (χ1n) is 6.83. The SMILES string of the molecule is O=C(NCCCNc1nc2ccccc2[nH]1)c1cccs1. The third-order valence-electron chi connectivity index (χ3n) is 3.07. The number of nitrogens with one attached hydrogen (secondary N) is 3. The largest absolute Gasteiger partial charge is 0.356 e. The summed E-state index contributed by atoms with van der Waals surface area (Å²) in [5.41, 5.74) is 1.97. The number of rotatable bonds is 6. The Morgan fingerprint density at radius 1 is 1.19 bits per heavy atom. The highest BCUT2D eigenvalue weighted by Crippen LogP contribution is 2.13. The fraction of sp³-hybridized carbons (Fsp3) is 0.200. The number of carbonyl (C=O) groups is 1. The van der Waals surface area contributed by atoms with Crippen molar-refractivity contribution in [1.29, 1.82) is 0 Å². The van der Waals surface area contributed by atoms with Crippen molar-refractivity contribution in [2.45, 2.75) is 6.42 Å². The number of para-hydroxylation sites is 2. The Kier molecular flexibility index (Phi) is 4.16. The predicted molar refractivity (Wildman–Crippen MR) is 85.9 cm³/mol. The minimum atomic E-state index is -0.00580. The van der Waals surface area contributed by atoms with Crippen molar-refractivity contribution in [2.75, 3.05) is 18.4 Å². The van der Waals surface area contributed by atoms with Crippen LogP contribution in [-0.2, 0) is 0 Å². The molecule has 0 aliphatic rings. The number of hydrogen-bond acceptors (Lipinski definition) is 4. The number of imidazole rings is 1. The van der Waals surface area contributed by atoms with Crippen LogP contribution in [0, 0.1) is 0 Å². The Morgan fingerprint density at radius 3 is 2.90 bits per heavy atom. The van der Waals surface area contributed by atoms with Crippen molar-refractivity contribution in [3.05, 3.63) is 46.7 Å². The topological polar surface area (TPSA) is 69.8 Å². The molecule has 0 spiro atoms. The third kappa shape index (κ3) is 3.41. The molecule has 0 bridgehead atoms. The van der Waals surface area contributed by atoms with E-state index < -0.39 is 0 Å². The molecule has 3 N–H and O–H groups in total. The highest BCUT2D eigenvalue weighted by atomic mass is 32.1. The van der Waals surface area contributed by atoms with Gasteiger partial charge in [-0.2, -0.15) is 0 Å². The van der Waals surface area contributed by atoms with Gasteiger partial charge in [-0.3, -0.25) is 4.79 Å². The molecule has 21 heavy (non-hydrogen) atoms. The smallest absolute Gasteiger partial charge is 0.261 e. The molecule has 0 saturated carbocycles. The molecule has 6 heteroatoms. The molecule has 1 aromatic carbocycles. The van der Waals surface area contributed by atoms with Gasteiger partial charge in [-0.1, -0.05) is 18.2 Å². The lowest BCUT2D eigenvalue weighted by Crippen LogP contribution is -2.25. The fourth-order valence-electron chi connectivity index (χ4n) is 2.03. The van der Waals surface area contributed by atoms with Crippen LogP contribution in [0.25, 0.3) is 11.0 Å². The summed E-state index contributed by atoms with van der Waals surface area (Å²) in [5, 5.41) is 8.03. The van der Waals surface area contributed by atoms with Crippen LogP contribution in [0.4, 0.5) is 5.95 Å². The second-order valence-electron chi connectivity index (χ2n) is 4.62. The summed E-state index contributed by atoms with van der Waals surface area (Å²) in [6.07, 6.45) is 0.841. The molecule has 108 valence electrons. The van der Waals surface area contributed by atoms with Gasteiger partial charge >= 0.3 is 0 Å². The molecular weight excluding hydrogens is 284 g/mol. The van der Waals surface area contributed by atoms with E-state index in [0.717, 1.165) is 34.8 Å². The first kappa shape index (κ1) is 13.6. The van der Waals surface area contributed by atoms with Crippen molar-refractivity contribution in [1.82, 2.24) is 15.3 Å². The number of benzene rings is 1. The van der Waals surface area contributed by atoms with Crippen molar-refractivity contribution in [3.8, 4) is 0 Å². The maximum Gasteiger partial charge on any atom is 0.261 e. The number of amides is 1. The molecule has 3 aromatic rings. The first-order valence-corrected chi connectivity index (χ1v) is 7.71. The molecule has 0 fully saturated rings. The second kappa shape index (κ2) is 6.41. The van der Waals surface area contributed by atoms with Gasteiger partial charge in [0.1, 0.15) is 0 Å². The zero-order chi connectivity index (χ0) is 14.5. The van der Waals surface area contributed by atoms with Crippen molar-refractivity contribution in [2.24, 2.45) is 0 Å². The average Bonchev–Trinajstić information content (AvgIpc) is 3.15. The van der Waals surface area contributed by atoms with Crippen LogP contribution in [0.2, 0.25) is 0 Å². The predicted octanol–water partition coefficient (Wildman–Crippen LogP) is 2.86. The van der Waals surface area contributed by atoms with Gasteiger partial charge in [0.05, 0.1) is 15.9 Å². The number of nitrogens with zero attached hydrogens (tertiary/aromatic N) is 1. The summed E-state index contributed by atoms with van der Waals surface area (Å²) < 4.78 is 0. The molecule has 0 atom stereocenters. The quantitative estimate of drug-likeness (QED) is 0.613. The van der Waals surface area contributed by atoms with Gasteiger partial charge in [0.15, 0.2) is 0 Å². The number of anilines is 1. The summed E-state index contributed by atoms with van der Waals surface area (Å²) in [6, 6.07) is 11.6. The van der Waals surface area contributed by atoms with E-state index in [1.165, 1.54) is 11.3 Å². The van der Waals surface area contributed by atoms with E-state index in [1.54, 1.807) is 0 Å². The molecule has 0 aliphatic heterocycles. The van der Waals surface area contributed by atoms with Crippen molar-refractivity contribution < 1.29 is 4.79 Å². The summed E-state index contributed by atoms with van der Waals surface area (Å²) in [7, 11) is 0. The van der Waals surface area contributed by atoms with Crippen LogP contribution in [0.15, 0.2) is 41.8 Å². The molecule has 3 rings (SSSR count). The standard InChI is InChI=1S/C15H16N4OS/c20-14(13-7-3-10-21-13)16-8-4-9-17-15-18-11-5-1-2-6-12(11)19-15/h1-3,5-7,10H,4,8-9H2,(H,16,20)(H2,17,18,19). The number of fused-ring (bicyclic) bond motifs is 1. The monoisotopic (exact) mass is 300 g/mol. The van der Waals surface area contributed by atoms with Crippen molar-refractivity contribution >= 4 is 34.2 Å². The van der Waals surface area contributed by atoms with Gasteiger partial charge in [-0.25, -0.2) is 4.98 Å². The maximum atomic E-state index is 11.7. The average molecular weight is 300 g/mol. The molecule has 0 aliphatic carbocycles. The molecule has 1 amide bonds. The number of aromatic nitrogens is 2. The minimum absolute atomic E-state index is 0.00580. The van der Waals surface area contributed by atoms with Gasteiger partial charge in [-0.15, -0.1) is 11.3 Å². The Balaban J connectivity index is 1.41. The fourth-order valence-corrected chi connectivity index (χ4v) is 2.67. The number of H-pyrrole nitrogens is 1. The van der Waals surface area contributed by atoms with E-state index in [2.05, 4.69) is 20.6 Å². The van der Waals surface area contributed by atoms with E-state index in [1.807, 2.05) is 41.8 Å². The van der Waals surface area contributed by atoms with E-state index >= 15 is 0 Å². The van der Waals surface area contributed by atoms with Crippen LogP contribution in [-0.4, -0.2) is 29.0 Å². The maximum absolute atomic E-state index is 11.7. The number of hydrogen-bond donors (Lipinski definition) is 3. The third-order valence-corrected chi connectivity index (χ3v) is 3.93. The van der Waals surface area contributed by atoms with Crippen molar-refractivity contribution in [3.63, 3.8) is 0 Å². The van der Waals surface area contributed by atoms with E-state index in [9.17, 15) is 4.79 Å². The highest BCUT2D eigenvalue weighted by Gasteiger charge is 2.05. The minimum Gasteiger partial charge on any atom is -0.356 e. The van der Waals surface area contributed by atoms with Gasteiger partial charge in [0, 0.05) is 13.1 Å². The lowest BCUT2D eigenvalue weighted by atomic mass is 10.3. The molecular formula is C15H16N4OS. The summed E-state index contributed by atoms with van der Waals surface area (Å²) in [4.78, 5) is 20.1. The van der Waals surface area contributed by atoms with E-state index in [-0.39, 0.29) is 5.91 Å². The Labute approximate surface area is 126 Å². The van der Waals surface area contributed by atoms with E-state index in [0.29, 0.717) is 6.54 Å². The van der Waals surface area contributed by atoms with Crippen LogP contribution in [0.5, 0.6) is 0 Å². The molecule has 2 aromatic heterocycles. The summed E-state index contributed by atoms with van der Waals surface area (Å²) >= 11 is 1.45. The first-order chi connectivity index (χ1) is 10.3. The van der Waals surface area contributed by atoms with Gasteiger partial charge < -0.3 is 15.6 Å². The van der Waals surface area contributed by atoms with Gasteiger partial charge in [0.25, 0.3) is 5.91 Å². The Morgan fingerprint density at radius 2 is 2.10 bits per heavy atom. The Bertz CT molecular complexity index is 687. The molecule has 5 nitrogen and oxygen atoms in total. The second-order valence-corrected chi connectivity index (χ2v) is 5.56. The molecule has 0 radical (unpaired) electrons. The lowest BCUT2D eigenvalue weighted by molar-refractivity contribution is 0.0957. The normalized spacial score (nSPS) is 10.7. The Hall–Kier alpha value is -2.34. The van der Waals surface area contributed by atoms with Crippen LogP contribution in [0.1, 0.15) is 16.1 Å². The van der Waals surface area contributed by atoms with Gasteiger partial charge in [0.2, 0.25) is 5.95 Å². The molecule has 2 heterocycles. The molecule has 0 unspecified atom stereocenters. The number of aromatic amines is 1. The van der Waals surface area contributed by atoms with Crippen LogP contribution in [0.3, 0.4) is 0 Å². The zero-order valence-corrected chi connectivity index (χ0v) is 12.2. The number of carbonyl (C=O) groups excluding carboxylic acids is 1. The summed E-state index contributed by atoms with van der Waals surface area (Å²) in [5.74, 6) is 0.759. The van der Waals surface area contributed by atoms with Gasteiger partial charge in [-0.05, 0) is 30.0 Å². The lowest BCUT2D eigenvalue weighted by Gasteiger charge is -2.04. The number of thiophene rings is 1.